The van der Waals surface area contributed by atoms with Gasteiger partial charge in [0.2, 0.25) is 5.91 Å². The highest BCUT2D eigenvalue weighted by Gasteiger charge is 2.16. The SMILES string of the molecule is COc1cc2c(Oc3ccc(NC(=O)NC(=O)Cc4ccccc4)cc3F)ccnc2cc1OCCCN1CCN(C)CC1. The lowest BCUT2D eigenvalue weighted by Crippen LogP contribution is -2.44. The molecule has 0 bridgehead atoms. The van der Waals surface area contributed by atoms with Gasteiger partial charge in [-0.3, -0.25) is 15.1 Å². The van der Waals surface area contributed by atoms with Gasteiger partial charge in [-0.15, -0.1) is 0 Å². The quantitative estimate of drug-likeness (QED) is 0.229. The summed E-state index contributed by atoms with van der Waals surface area (Å²) in [5.41, 5.74) is 1.54. The fraction of sp³-hybridized carbons (Fsp3) is 0.303. The Kier molecular flexibility index (Phi) is 10.2. The van der Waals surface area contributed by atoms with Crippen molar-refractivity contribution in [2.75, 3.05) is 58.8 Å². The molecule has 2 heterocycles. The lowest BCUT2D eigenvalue weighted by Gasteiger charge is -2.32. The smallest absolute Gasteiger partial charge is 0.325 e. The summed E-state index contributed by atoms with van der Waals surface area (Å²) in [5.74, 6) is 0.238. The molecule has 44 heavy (non-hydrogen) atoms. The summed E-state index contributed by atoms with van der Waals surface area (Å²) >= 11 is 0. The van der Waals surface area contributed by atoms with Gasteiger partial charge >= 0.3 is 6.03 Å². The van der Waals surface area contributed by atoms with E-state index < -0.39 is 17.8 Å². The summed E-state index contributed by atoms with van der Waals surface area (Å²) in [7, 11) is 3.70. The molecule has 1 fully saturated rings. The molecule has 10 nitrogen and oxygen atoms in total. The molecule has 3 amide bonds. The topological polar surface area (TPSA) is 105 Å². The molecule has 0 saturated carbocycles. The van der Waals surface area contributed by atoms with Crippen LogP contribution >= 0.6 is 0 Å². The van der Waals surface area contributed by atoms with Gasteiger partial charge in [-0.1, -0.05) is 30.3 Å². The fourth-order valence-electron chi connectivity index (χ4n) is 4.93. The molecule has 1 saturated heterocycles. The van der Waals surface area contributed by atoms with Gasteiger partial charge in [-0.2, -0.15) is 0 Å². The Morgan fingerprint density at radius 3 is 2.48 bits per heavy atom. The number of nitrogens with one attached hydrogen (secondary N) is 2. The van der Waals surface area contributed by atoms with Crippen LogP contribution in [0.3, 0.4) is 0 Å². The predicted octanol–water partition coefficient (Wildman–Crippen LogP) is 5.08. The van der Waals surface area contributed by atoms with Crippen LogP contribution in [-0.4, -0.2) is 80.2 Å². The number of benzene rings is 3. The maximum absolute atomic E-state index is 15.0. The van der Waals surface area contributed by atoms with Crippen LogP contribution in [0.4, 0.5) is 14.9 Å². The minimum absolute atomic E-state index is 0.0462. The summed E-state index contributed by atoms with van der Waals surface area (Å²) in [5, 5.41) is 5.33. The zero-order chi connectivity index (χ0) is 30.9. The Morgan fingerprint density at radius 1 is 0.932 bits per heavy atom. The van der Waals surface area contributed by atoms with Gasteiger partial charge in [0, 0.05) is 62.1 Å². The number of likely N-dealkylation sites (N-methyl/N-ethyl adjacent to an activating group) is 1. The second kappa shape index (κ2) is 14.6. The molecule has 5 rings (SSSR count). The van der Waals surface area contributed by atoms with Crippen molar-refractivity contribution in [3.8, 4) is 23.0 Å². The van der Waals surface area contributed by atoms with Crippen LogP contribution in [0.1, 0.15) is 12.0 Å². The van der Waals surface area contributed by atoms with Crippen molar-refractivity contribution < 1.29 is 28.2 Å². The molecule has 0 radical (unpaired) electrons. The lowest BCUT2D eigenvalue weighted by molar-refractivity contribution is -0.119. The van der Waals surface area contributed by atoms with Crippen LogP contribution in [0.15, 0.2) is 72.9 Å². The van der Waals surface area contributed by atoms with Gasteiger partial charge in [0.15, 0.2) is 23.1 Å². The fourth-order valence-corrected chi connectivity index (χ4v) is 4.93. The van der Waals surface area contributed by atoms with Crippen LogP contribution in [0.25, 0.3) is 10.9 Å². The van der Waals surface area contributed by atoms with Crippen molar-refractivity contribution in [2.24, 2.45) is 0 Å². The first-order valence-corrected chi connectivity index (χ1v) is 14.5. The van der Waals surface area contributed by atoms with Gasteiger partial charge < -0.3 is 29.3 Å². The molecule has 3 aromatic carbocycles. The van der Waals surface area contributed by atoms with Gasteiger partial charge in [0.1, 0.15) is 5.75 Å². The first-order chi connectivity index (χ1) is 21.4. The molecule has 2 N–H and O–H groups in total. The van der Waals surface area contributed by atoms with Crippen molar-refractivity contribution in [1.82, 2.24) is 20.1 Å². The van der Waals surface area contributed by atoms with Crippen molar-refractivity contribution in [3.05, 3.63) is 84.3 Å². The molecule has 1 aliphatic rings. The van der Waals surface area contributed by atoms with Gasteiger partial charge in [-0.05, 0) is 43.3 Å². The average molecular weight is 602 g/mol. The summed E-state index contributed by atoms with van der Waals surface area (Å²) in [4.78, 5) is 33.6. The molecule has 1 aromatic heterocycles. The number of imide groups is 1. The van der Waals surface area contributed by atoms with Crippen LogP contribution in [0, 0.1) is 5.82 Å². The first kappa shape index (κ1) is 30.7. The first-order valence-electron chi connectivity index (χ1n) is 14.5. The number of aromatic nitrogens is 1. The number of hydrogen-bond donors (Lipinski definition) is 2. The highest BCUT2D eigenvalue weighted by molar-refractivity contribution is 6.01. The number of hydrogen-bond acceptors (Lipinski definition) is 8. The minimum atomic E-state index is -0.761. The zero-order valence-corrected chi connectivity index (χ0v) is 24.8. The number of halogens is 1. The van der Waals surface area contributed by atoms with Gasteiger partial charge in [0.05, 0.1) is 25.7 Å². The second-order valence-electron chi connectivity index (χ2n) is 10.6. The second-order valence-corrected chi connectivity index (χ2v) is 10.6. The summed E-state index contributed by atoms with van der Waals surface area (Å²) in [6.45, 7) is 5.79. The monoisotopic (exact) mass is 601 g/mol. The number of piperazine rings is 1. The van der Waals surface area contributed by atoms with Crippen LogP contribution in [-0.2, 0) is 11.2 Å². The van der Waals surface area contributed by atoms with Crippen molar-refractivity contribution >= 4 is 28.5 Å². The molecule has 230 valence electrons. The number of anilines is 1. The van der Waals surface area contributed by atoms with Crippen LogP contribution in [0.2, 0.25) is 0 Å². The Bertz CT molecular complexity index is 1590. The number of urea groups is 1. The Labute approximate surface area is 255 Å². The number of fused-ring (bicyclic) bond motifs is 1. The number of rotatable bonds is 11. The third-order valence-corrected chi connectivity index (χ3v) is 7.33. The molecule has 0 spiro atoms. The molecule has 1 aliphatic heterocycles. The molecular weight excluding hydrogens is 565 g/mol. The lowest BCUT2D eigenvalue weighted by atomic mass is 10.1. The Balaban J connectivity index is 1.19. The van der Waals surface area contributed by atoms with E-state index in [1.165, 1.54) is 12.1 Å². The Hall–Kier alpha value is -4.74. The van der Waals surface area contributed by atoms with Crippen LogP contribution < -0.4 is 24.8 Å². The number of carbonyl (C=O) groups excluding carboxylic acids is 2. The van der Waals surface area contributed by atoms with E-state index in [2.05, 4.69) is 32.5 Å². The molecular formula is C33H36FN5O5. The zero-order valence-electron chi connectivity index (χ0n) is 24.8. The van der Waals surface area contributed by atoms with E-state index in [0.29, 0.717) is 34.8 Å². The van der Waals surface area contributed by atoms with E-state index in [-0.39, 0.29) is 17.9 Å². The van der Waals surface area contributed by atoms with Crippen LogP contribution in [0.5, 0.6) is 23.0 Å². The van der Waals surface area contributed by atoms with Gasteiger partial charge in [-0.25, -0.2) is 9.18 Å². The number of amides is 3. The van der Waals surface area contributed by atoms with E-state index in [1.807, 2.05) is 18.2 Å². The third kappa shape index (κ3) is 8.21. The predicted molar refractivity (Wildman–Crippen MR) is 166 cm³/mol. The number of ether oxygens (including phenoxy) is 3. The van der Waals surface area contributed by atoms with E-state index in [1.54, 1.807) is 43.6 Å². The molecule has 0 unspecified atom stereocenters. The Morgan fingerprint density at radius 2 is 1.73 bits per heavy atom. The van der Waals surface area contributed by atoms with E-state index in [0.717, 1.165) is 50.8 Å². The number of methoxy groups -OCH3 is 1. The largest absolute Gasteiger partial charge is 0.493 e. The molecule has 0 atom stereocenters. The van der Waals surface area contributed by atoms with Gasteiger partial charge in [0.25, 0.3) is 0 Å². The van der Waals surface area contributed by atoms with Crippen molar-refractivity contribution in [3.63, 3.8) is 0 Å². The summed E-state index contributed by atoms with van der Waals surface area (Å²) < 4.78 is 32.6. The maximum atomic E-state index is 15.0. The van der Waals surface area contributed by atoms with E-state index >= 15 is 4.39 Å². The highest BCUT2D eigenvalue weighted by Crippen LogP contribution is 2.38. The standard InChI is InChI=1S/C33H36FN5O5/c1-38-14-16-39(17-15-38)13-6-18-43-31-22-27-25(21-30(31)42-2)28(11-12-35-27)44-29-10-9-24(20-26(29)34)36-33(41)37-32(40)19-23-7-4-3-5-8-23/h3-5,7-12,20-22H,6,13-19H2,1-2H3,(H2,36,37,40,41). The van der Waals surface area contributed by atoms with E-state index in [4.69, 9.17) is 14.2 Å². The normalized spacial score (nSPS) is 13.8. The average Bonchev–Trinajstić information content (AvgIpc) is 3.01. The summed E-state index contributed by atoms with van der Waals surface area (Å²) in [6, 6.07) is 17.5. The number of nitrogens with zero attached hydrogens (tertiary/aromatic N) is 3. The molecule has 0 aliphatic carbocycles. The maximum Gasteiger partial charge on any atom is 0.325 e. The van der Waals surface area contributed by atoms with E-state index in [9.17, 15) is 9.59 Å². The molecule has 11 heteroatoms. The minimum Gasteiger partial charge on any atom is -0.493 e. The van der Waals surface area contributed by atoms with Crippen molar-refractivity contribution in [2.45, 2.75) is 12.8 Å². The van der Waals surface area contributed by atoms with Crippen molar-refractivity contribution in [1.29, 1.82) is 0 Å². The number of carbonyl (C=O) groups is 2. The third-order valence-electron chi connectivity index (χ3n) is 7.33. The summed E-state index contributed by atoms with van der Waals surface area (Å²) in [6.07, 6.45) is 2.51. The highest BCUT2D eigenvalue weighted by atomic mass is 19.1. The molecule has 4 aromatic rings. The number of pyridine rings is 1.